The SMILES string of the molecule is CC(O)C(NC=O)C(N)=O.Cc1ccc(C#Cc2ccc(CNCC(F)(F)F)cc2)cc1. The first-order chi connectivity index (χ1) is 15.0. The van der Waals surface area contributed by atoms with Crippen LogP contribution in [0.5, 0.6) is 0 Å². The van der Waals surface area contributed by atoms with E-state index in [1.807, 2.05) is 43.3 Å². The van der Waals surface area contributed by atoms with Crippen molar-refractivity contribution in [3.63, 3.8) is 0 Å². The van der Waals surface area contributed by atoms with Crippen molar-refractivity contribution in [2.24, 2.45) is 5.73 Å². The maximum absolute atomic E-state index is 12.0. The van der Waals surface area contributed by atoms with E-state index in [-0.39, 0.29) is 6.54 Å². The lowest BCUT2D eigenvalue weighted by molar-refractivity contribution is -0.125. The maximum atomic E-state index is 12.0. The third-order valence-corrected chi connectivity index (χ3v) is 4.05. The molecule has 0 radical (unpaired) electrons. The quantitative estimate of drug-likeness (QED) is 0.383. The van der Waals surface area contributed by atoms with Gasteiger partial charge < -0.3 is 21.5 Å². The monoisotopic (exact) mass is 449 g/mol. The first kappa shape index (κ1) is 26.7. The third-order valence-electron chi connectivity index (χ3n) is 4.05. The molecular formula is C23H26F3N3O3. The van der Waals surface area contributed by atoms with E-state index >= 15 is 0 Å². The highest BCUT2D eigenvalue weighted by Crippen LogP contribution is 2.13. The Labute approximate surface area is 185 Å². The first-order valence-electron chi connectivity index (χ1n) is 9.64. The summed E-state index contributed by atoms with van der Waals surface area (Å²) in [6.45, 7) is 2.59. The lowest BCUT2D eigenvalue weighted by Gasteiger charge is -2.13. The molecule has 2 rings (SSSR count). The number of aliphatic hydroxyl groups is 1. The highest BCUT2D eigenvalue weighted by molar-refractivity contribution is 5.82. The van der Waals surface area contributed by atoms with E-state index in [1.165, 1.54) is 12.5 Å². The summed E-state index contributed by atoms with van der Waals surface area (Å²) in [4.78, 5) is 20.2. The summed E-state index contributed by atoms with van der Waals surface area (Å²) in [5, 5.41) is 13.2. The fourth-order valence-corrected chi connectivity index (χ4v) is 2.37. The van der Waals surface area contributed by atoms with Crippen molar-refractivity contribution in [3.05, 3.63) is 70.8 Å². The van der Waals surface area contributed by atoms with Crippen molar-refractivity contribution in [3.8, 4) is 11.8 Å². The highest BCUT2D eigenvalue weighted by atomic mass is 19.4. The number of primary amides is 1. The predicted molar refractivity (Wildman–Crippen MR) is 115 cm³/mol. The Morgan fingerprint density at radius 2 is 1.59 bits per heavy atom. The van der Waals surface area contributed by atoms with E-state index in [4.69, 9.17) is 10.8 Å². The van der Waals surface area contributed by atoms with Gasteiger partial charge in [0.1, 0.15) is 6.04 Å². The molecule has 172 valence electrons. The summed E-state index contributed by atoms with van der Waals surface area (Å²) in [5.74, 6) is 5.35. The second kappa shape index (κ2) is 13.1. The van der Waals surface area contributed by atoms with Crippen LogP contribution in [0.1, 0.15) is 29.2 Å². The molecule has 2 aromatic carbocycles. The number of benzene rings is 2. The molecule has 0 aromatic heterocycles. The summed E-state index contributed by atoms with van der Waals surface area (Å²) in [6, 6.07) is 14.1. The topological polar surface area (TPSA) is 104 Å². The summed E-state index contributed by atoms with van der Waals surface area (Å²) < 4.78 is 36.1. The smallest absolute Gasteiger partial charge is 0.391 e. The van der Waals surface area contributed by atoms with Gasteiger partial charge in [-0.3, -0.25) is 9.59 Å². The van der Waals surface area contributed by atoms with Gasteiger partial charge in [0, 0.05) is 17.7 Å². The Hall–Kier alpha value is -3.35. The molecule has 0 fully saturated rings. The zero-order valence-electron chi connectivity index (χ0n) is 17.7. The fraction of sp³-hybridized carbons (Fsp3) is 0.304. The standard InChI is InChI=1S/C18H16F3N.C5H10N2O3/c1-14-2-4-15(5-3-14)6-7-16-8-10-17(11-9-16)12-22-13-18(19,20)21;1-3(9)4(5(6)10)7-2-8/h2-5,8-11,22H,12-13H2,1H3;2-4,9H,1H3,(H2,6,10)(H,7,8). The molecule has 0 heterocycles. The second-order valence-electron chi connectivity index (χ2n) is 6.94. The van der Waals surface area contributed by atoms with Crippen LogP contribution in [-0.4, -0.2) is 42.3 Å². The summed E-state index contributed by atoms with van der Waals surface area (Å²) in [7, 11) is 0. The Morgan fingerprint density at radius 3 is 1.97 bits per heavy atom. The minimum Gasteiger partial charge on any atom is -0.391 e. The van der Waals surface area contributed by atoms with Gasteiger partial charge in [-0.1, -0.05) is 41.7 Å². The number of hydrogen-bond donors (Lipinski definition) is 4. The molecule has 2 atom stereocenters. The zero-order valence-corrected chi connectivity index (χ0v) is 17.7. The molecule has 5 N–H and O–H groups in total. The van der Waals surface area contributed by atoms with Crippen LogP contribution in [0.4, 0.5) is 13.2 Å². The molecule has 0 aliphatic rings. The molecule has 2 amide bonds. The Bertz CT molecular complexity index is 916. The van der Waals surface area contributed by atoms with Gasteiger partial charge in [0.2, 0.25) is 12.3 Å². The van der Waals surface area contributed by atoms with Crippen molar-refractivity contribution in [2.75, 3.05) is 6.54 Å². The number of nitrogens with one attached hydrogen (secondary N) is 2. The molecule has 2 aromatic rings. The van der Waals surface area contributed by atoms with E-state index in [2.05, 4.69) is 22.5 Å². The van der Waals surface area contributed by atoms with Crippen LogP contribution in [0.3, 0.4) is 0 Å². The van der Waals surface area contributed by atoms with Crippen molar-refractivity contribution >= 4 is 12.3 Å². The summed E-state index contributed by atoms with van der Waals surface area (Å²) in [5.41, 5.74) is 8.55. The van der Waals surface area contributed by atoms with E-state index in [0.29, 0.717) is 6.41 Å². The predicted octanol–water partition coefficient (Wildman–Crippen LogP) is 2.01. The molecule has 0 bridgehead atoms. The molecular weight excluding hydrogens is 423 g/mol. The van der Waals surface area contributed by atoms with Gasteiger partial charge in [-0.2, -0.15) is 13.2 Å². The van der Waals surface area contributed by atoms with Crippen molar-refractivity contribution in [1.29, 1.82) is 0 Å². The number of rotatable bonds is 7. The van der Waals surface area contributed by atoms with Crippen molar-refractivity contribution in [1.82, 2.24) is 10.6 Å². The third kappa shape index (κ3) is 11.2. The van der Waals surface area contributed by atoms with Crippen LogP contribution in [0.25, 0.3) is 0 Å². The van der Waals surface area contributed by atoms with Gasteiger partial charge in [0.15, 0.2) is 0 Å². The van der Waals surface area contributed by atoms with Gasteiger partial charge in [-0.15, -0.1) is 0 Å². The number of nitrogens with two attached hydrogens (primary N) is 1. The van der Waals surface area contributed by atoms with Gasteiger partial charge >= 0.3 is 6.18 Å². The number of alkyl halides is 3. The van der Waals surface area contributed by atoms with E-state index in [9.17, 15) is 22.8 Å². The lowest BCUT2D eigenvalue weighted by Crippen LogP contribution is -2.47. The molecule has 0 spiro atoms. The summed E-state index contributed by atoms with van der Waals surface area (Å²) >= 11 is 0. The molecule has 6 nitrogen and oxygen atoms in total. The normalized spacial score (nSPS) is 12.3. The largest absolute Gasteiger partial charge is 0.401 e. The molecule has 0 aliphatic heterocycles. The van der Waals surface area contributed by atoms with Crippen LogP contribution in [0, 0.1) is 18.8 Å². The van der Waals surface area contributed by atoms with Gasteiger partial charge in [-0.05, 0) is 43.7 Å². The fourth-order valence-electron chi connectivity index (χ4n) is 2.37. The van der Waals surface area contributed by atoms with E-state index in [1.54, 1.807) is 12.1 Å². The number of carbonyl (C=O) groups excluding carboxylic acids is 2. The zero-order chi connectivity index (χ0) is 24.1. The number of amides is 2. The average molecular weight is 449 g/mol. The van der Waals surface area contributed by atoms with Crippen LogP contribution in [-0.2, 0) is 16.1 Å². The Balaban J connectivity index is 0.000000433. The number of aryl methyl sites for hydroxylation is 1. The highest BCUT2D eigenvalue weighted by Gasteiger charge is 2.26. The summed E-state index contributed by atoms with van der Waals surface area (Å²) in [6.07, 6.45) is -4.82. The molecule has 9 heteroatoms. The second-order valence-corrected chi connectivity index (χ2v) is 6.94. The van der Waals surface area contributed by atoms with E-state index < -0.39 is 30.8 Å². The number of hydrogen-bond acceptors (Lipinski definition) is 4. The first-order valence-corrected chi connectivity index (χ1v) is 9.64. The Morgan fingerprint density at radius 1 is 1.09 bits per heavy atom. The van der Waals surface area contributed by atoms with Crippen LogP contribution >= 0.6 is 0 Å². The number of aliphatic hydroxyl groups excluding tert-OH is 1. The van der Waals surface area contributed by atoms with Gasteiger partial charge in [0.05, 0.1) is 12.6 Å². The lowest BCUT2D eigenvalue weighted by atomic mass is 10.1. The van der Waals surface area contributed by atoms with Gasteiger partial charge in [-0.25, -0.2) is 0 Å². The van der Waals surface area contributed by atoms with Crippen molar-refractivity contribution in [2.45, 2.75) is 38.7 Å². The van der Waals surface area contributed by atoms with Crippen LogP contribution in [0.15, 0.2) is 48.5 Å². The molecule has 2 unspecified atom stereocenters. The van der Waals surface area contributed by atoms with Crippen LogP contribution < -0.4 is 16.4 Å². The van der Waals surface area contributed by atoms with Crippen molar-refractivity contribution < 1.29 is 27.9 Å². The minimum absolute atomic E-state index is 0.186. The maximum Gasteiger partial charge on any atom is 0.401 e. The Kier molecular flexibility index (Phi) is 11.0. The molecule has 0 saturated heterocycles. The minimum atomic E-state index is -4.18. The van der Waals surface area contributed by atoms with Crippen LogP contribution in [0.2, 0.25) is 0 Å². The van der Waals surface area contributed by atoms with E-state index in [0.717, 1.165) is 16.7 Å². The number of halogens is 3. The molecule has 32 heavy (non-hydrogen) atoms. The molecule has 0 saturated carbocycles. The average Bonchev–Trinajstić information content (AvgIpc) is 2.71. The number of carbonyl (C=O) groups is 2. The van der Waals surface area contributed by atoms with Gasteiger partial charge in [0.25, 0.3) is 0 Å². The molecule has 0 aliphatic carbocycles.